The Labute approximate surface area is 95.0 Å². The van der Waals surface area contributed by atoms with Gasteiger partial charge in [0.25, 0.3) is 0 Å². The average molecular weight is 219 g/mol. The summed E-state index contributed by atoms with van der Waals surface area (Å²) in [6, 6.07) is 2.97. The van der Waals surface area contributed by atoms with E-state index in [2.05, 4.69) is 10.4 Å². The van der Waals surface area contributed by atoms with Gasteiger partial charge in [-0.2, -0.15) is 5.10 Å². The van der Waals surface area contributed by atoms with E-state index < -0.39 is 0 Å². The van der Waals surface area contributed by atoms with Crippen molar-refractivity contribution in [1.29, 1.82) is 0 Å². The first-order valence-electron chi connectivity index (χ1n) is 5.99. The molecule has 86 valence electrons. The van der Waals surface area contributed by atoms with E-state index >= 15 is 0 Å². The van der Waals surface area contributed by atoms with Crippen molar-refractivity contribution in [3.05, 3.63) is 18.0 Å². The second-order valence-electron chi connectivity index (χ2n) is 5.01. The van der Waals surface area contributed by atoms with Crippen LogP contribution in [-0.2, 0) is 18.3 Å². The van der Waals surface area contributed by atoms with Gasteiger partial charge in [0.2, 0.25) is 0 Å². The van der Waals surface area contributed by atoms with Gasteiger partial charge in [-0.1, -0.05) is 0 Å². The molecule has 1 aromatic rings. The fraction of sp³-hybridized carbons (Fsp3) is 0.667. The topological polar surface area (TPSA) is 46.9 Å². The standard InChI is InChI=1S/C12H17N3O/c1-15-5-4-9(14-15)7-12(16)10-6-8-2-3-11(10)13-8/h4-5,8,10-11,13H,2-3,6-7H2,1H3. The minimum Gasteiger partial charge on any atom is -0.310 e. The zero-order chi connectivity index (χ0) is 11.1. The van der Waals surface area contributed by atoms with Gasteiger partial charge in [0, 0.05) is 31.2 Å². The van der Waals surface area contributed by atoms with Crippen molar-refractivity contribution >= 4 is 5.78 Å². The Kier molecular flexibility index (Phi) is 2.32. The van der Waals surface area contributed by atoms with Crippen LogP contribution in [0.3, 0.4) is 0 Å². The van der Waals surface area contributed by atoms with Crippen molar-refractivity contribution in [1.82, 2.24) is 15.1 Å². The summed E-state index contributed by atoms with van der Waals surface area (Å²) in [5, 5.41) is 7.76. The van der Waals surface area contributed by atoms with Crippen molar-refractivity contribution in [2.75, 3.05) is 0 Å². The lowest BCUT2D eigenvalue weighted by Crippen LogP contribution is -2.29. The number of carbonyl (C=O) groups excluding carboxylic acids is 1. The number of nitrogens with one attached hydrogen (secondary N) is 1. The van der Waals surface area contributed by atoms with Crippen molar-refractivity contribution in [2.24, 2.45) is 13.0 Å². The quantitative estimate of drug-likeness (QED) is 0.813. The molecule has 0 amide bonds. The van der Waals surface area contributed by atoms with E-state index in [0.29, 0.717) is 24.3 Å². The van der Waals surface area contributed by atoms with E-state index in [1.165, 1.54) is 12.8 Å². The van der Waals surface area contributed by atoms with E-state index in [1.807, 2.05) is 19.3 Å². The predicted octanol–water partition coefficient (Wildman–Crippen LogP) is 0.672. The lowest BCUT2D eigenvalue weighted by molar-refractivity contribution is -0.122. The summed E-state index contributed by atoms with van der Waals surface area (Å²) in [6.07, 6.45) is 5.84. The summed E-state index contributed by atoms with van der Waals surface area (Å²) >= 11 is 0. The minimum absolute atomic E-state index is 0.237. The van der Waals surface area contributed by atoms with Crippen LogP contribution in [0.2, 0.25) is 0 Å². The van der Waals surface area contributed by atoms with Gasteiger partial charge in [-0.15, -0.1) is 0 Å². The van der Waals surface area contributed by atoms with E-state index in [0.717, 1.165) is 12.1 Å². The molecule has 2 bridgehead atoms. The lowest BCUT2D eigenvalue weighted by Gasteiger charge is -2.18. The molecule has 3 rings (SSSR count). The molecule has 2 aliphatic rings. The summed E-state index contributed by atoms with van der Waals surface area (Å²) < 4.78 is 1.75. The number of rotatable bonds is 3. The molecule has 4 nitrogen and oxygen atoms in total. The molecule has 0 radical (unpaired) electrons. The summed E-state index contributed by atoms with van der Waals surface area (Å²) in [5.41, 5.74) is 0.898. The maximum atomic E-state index is 12.1. The van der Waals surface area contributed by atoms with Crippen molar-refractivity contribution in [2.45, 2.75) is 37.8 Å². The number of hydrogen-bond donors (Lipinski definition) is 1. The van der Waals surface area contributed by atoms with Crippen LogP contribution >= 0.6 is 0 Å². The smallest absolute Gasteiger partial charge is 0.143 e. The van der Waals surface area contributed by atoms with Crippen LogP contribution in [0.15, 0.2) is 12.3 Å². The SMILES string of the molecule is Cn1ccc(CC(=O)C2CC3CCC2N3)n1. The summed E-state index contributed by atoms with van der Waals surface area (Å²) in [7, 11) is 1.88. The second kappa shape index (κ2) is 3.70. The van der Waals surface area contributed by atoms with Gasteiger partial charge in [-0.3, -0.25) is 9.48 Å². The third-order valence-electron chi connectivity index (χ3n) is 3.84. The van der Waals surface area contributed by atoms with Crippen LogP contribution in [0.4, 0.5) is 0 Å². The molecular formula is C12H17N3O. The van der Waals surface area contributed by atoms with Crippen molar-refractivity contribution in [3.8, 4) is 0 Å². The van der Waals surface area contributed by atoms with Crippen molar-refractivity contribution < 1.29 is 4.79 Å². The van der Waals surface area contributed by atoms with Crippen LogP contribution in [-0.4, -0.2) is 27.6 Å². The molecule has 4 heteroatoms. The molecule has 2 saturated heterocycles. The highest BCUT2D eigenvalue weighted by Gasteiger charge is 2.42. The first kappa shape index (κ1) is 10.0. The highest BCUT2D eigenvalue weighted by molar-refractivity contribution is 5.84. The number of ketones is 1. The minimum atomic E-state index is 0.237. The van der Waals surface area contributed by atoms with Crippen LogP contribution in [0.25, 0.3) is 0 Å². The lowest BCUT2D eigenvalue weighted by atomic mass is 9.85. The van der Waals surface area contributed by atoms with E-state index in [-0.39, 0.29) is 5.92 Å². The molecular weight excluding hydrogens is 202 g/mol. The summed E-state index contributed by atoms with van der Waals surface area (Å²) in [5.74, 6) is 0.596. The normalized spacial score (nSPS) is 32.2. The molecule has 0 spiro atoms. The van der Waals surface area contributed by atoms with Gasteiger partial charge in [0.05, 0.1) is 12.1 Å². The summed E-state index contributed by atoms with van der Waals surface area (Å²) in [4.78, 5) is 12.1. The Morgan fingerprint density at radius 2 is 2.50 bits per heavy atom. The molecule has 0 saturated carbocycles. The van der Waals surface area contributed by atoms with Gasteiger partial charge in [0.1, 0.15) is 5.78 Å². The zero-order valence-electron chi connectivity index (χ0n) is 9.52. The molecule has 16 heavy (non-hydrogen) atoms. The second-order valence-corrected chi connectivity index (χ2v) is 5.01. The van der Waals surface area contributed by atoms with E-state index in [1.54, 1.807) is 4.68 Å². The van der Waals surface area contributed by atoms with Crippen LogP contribution in [0, 0.1) is 5.92 Å². The van der Waals surface area contributed by atoms with Gasteiger partial charge in [0.15, 0.2) is 0 Å². The van der Waals surface area contributed by atoms with E-state index in [4.69, 9.17) is 0 Å². The monoisotopic (exact) mass is 219 g/mol. The van der Waals surface area contributed by atoms with Crippen molar-refractivity contribution in [3.63, 3.8) is 0 Å². The molecule has 0 aromatic carbocycles. The largest absolute Gasteiger partial charge is 0.310 e. The Hall–Kier alpha value is -1.16. The molecule has 3 unspecified atom stereocenters. The third kappa shape index (κ3) is 1.67. The molecule has 3 heterocycles. The highest BCUT2D eigenvalue weighted by atomic mass is 16.1. The zero-order valence-corrected chi connectivity index (χ0v) is 9.52. The molecule has 2 fully saturated rings. The fourth-order valence-electron chi connectivity index (χ4n) is 3.05. The molecule has 2 aliphatic heterocycles. The highest BCUT2D eigenvalue weighted by Crippen LogP contribution is 2.34. The maximum Gasteiger partial charge on any atom is 0.143 e. The fourth-order valence-corrected chi connectivity index (χ4v) is 3.05. The van der Waals surface area contributed by atoms with Crippen LogP contribution in [0.1, 0.15) is 25.0 Å². The van der Waals surface area contributed by atoms with Gasteiger partial charge >= 0.3 is 0 Å². The number of fused-ring (bicyclic) bond motifs is 2. The van der Waals surface area contributed by atoms with E-state index in [9.17, 15) is 4.79 Å². The number of nitrogens with zero attached hydrogens (tertiary/aromatic N) is 2. The van der Waals surface area contributed by atoms with Gasteiger partial charge < -0.3 is 5.32 Å². The number of aryl methyl sites for hydroxylation is 1. The Bertz CT molecular complexity index is 412. The molecule has 1 aromatic heterocycles. The third-order valence-corrected chi connectivity index (χ3v) is 3.84. The first-order valence-corrected chi connectivity index (χ1v) is 5.99. The van der Waals surface area contributed by atoms with Gasteiger partial charge in [-0.25, -0.2) is 0 Å². The number of carbonyl (C=O) groups is 1. The number of hydrogen-bond acceptors (Lipinski definition) is 3. The Morgan fingerprint density at radius 3 is 3.06 bits per heavy atom. The number of Topliss-reactive ketones (excluding diaryl/α,β-unsaturated/α-hetero) is 1. The Balaban J connectivity index is 1.65. The maximum absolute atomic E-state index is 12.1. The number of aromatic nitrogens is 2. The molecule has 1 N–H and O–H groups in total. The Morgan fingerprint density at radius 1 is 1.62 bits per heavy atom. The molecule has 3 atom stereocenters. The average Bonchev–Trinajstić information content (AvgIpc) is 2.93. The van der Waals surface area contributed by atoms with Gasteiger partial charge in [-0.05, 0) is 25.3 Å². The van der Waals surface area contributed by atoms with Crippen LogP contribution < -0.4 is 5.32 Å². The predicted molar refractivity (Wildman–Crippen MR) is 60.0 cm³/mol. The van der Waals surface area contributed by atoms with Crippen LogP contribution in [0.5, 0.6) is 0 Å². The molecule has 0 aliphatic carbocycles. The first-order chi connectivity index (χ1) is 7.72. The summed E-state index contributed by atoms with van der Waals surface area (Å²) in [6.45, 7) is 0.